The third kappa shape index (κ3) is 5.45. The Balaban J connectivity index is 1.12. The maximum Gasteiger partial charge on any atom is 0.160 e. The molecule has 0 N–H and O–H groups in total. The van der Waals surface area contributed by atoms with Crippen molar-refractivity contribution in [3.8, 4) is 67.3 Å². The first-order valence-electron chi connectivity index (χ1n) is 16.3. The summed E-state index contributed by atoms with van der Waals surface area (Å²) in [4.78, 5) is 14.5. The second-order valence-electron chi connectivity index (χ2n) is 12.1. The monoisotopic (exact) mass is 627 g/mol. The van der Waals surface area contributed by atoms with Crippen molar-refractivity contribution in [2.24, 2.45) is 0 Å². The van der Waals surface area contributed by atoms with E-state index in [9.17, 15) is 0 Å². The van der Waals surface area contributed by atoms with E-state index in [4.69, 9.17) is 14.4 Å². The molecule has 0 aliphatic heterocycles. The third-order valence-electron chi connectivity index (χ3n) is 9.05. The lowest BCUT2D eigenvalue weighted by Gasteiger charge is -2.11. The molecule has 3 heterocycles. The number of pyridine rings is 1. The van der Waals surface area contributed by atoms with E-state index >= 15 is 0 Å². The second kappa shape index (κ2) is 12.2. The Labute approximate surface area is 284 Å². The number of rotatable bonds is 6. The predicted octanol–water partition coefficient (Wildman–Crippen LogP) is 11.8. The zero-order valence-electron chi connectivity index (χ0n) is 26.5. The van der Waals surface area contributed by atoms with Crippen LogP contribution in [0.4, 0.5) is 0 Å². The molecule has 0 amide bonds. The highest BCUT2D eigenvalue weighted by molar-refractivity contribution is 6.09. The van der Waals surface area contributed by atoms with Crippen molar-refractivity contribution in [1.29, 1.82) is 0 Å². The van der Waals surface area contributed by atoms with Crippen LogP contribution in [0, 0.1) is 0 Å². The zero-order valence-corrected chi connectivity index (χ0v) is 26.5. The van der Waals surface area contributed by atoms with Crippen LogP contribution in [0.1, 0.15) is 0 Å². The Morgan fingerprint density at radius 3 is 1.63 bits per heavy atom. The van der Waals surface area contributed by atoms with Crippen molar-refractivity contribution in [2.45, 2.75) is 0 Å². The fraction of sp³-hybridized carbons (Fsp3) is 0. The van der Waals surface area contributed by atoms with Gasteiger partial charge in [0.1, 0.15) is 11.2 Å². The first-order valence-corrected chi connectivity index (χ1v) is 16.3. The summed E-state index contributed by atoms with van der Waals surface area (Å²) in [5, 5.41) is 2.25. The minimum atomic E-state index is 0.675. The molecular formula is C45H29N3O. The molecule has 0 atom stereocenters. The quantitative estimate of drug-likeness (QED) is 0.184. The van der Waals surface area contributed by atoms with E-state index in [2.05, 4.69) is 145 Å². The fourth-order valence-corrected chi connectivity index (χ4v) is 6.48. The topological polar surface area (TPSA) is 51.8 Å². The van der Waals surface area contributed by atoms with Crippen LogP contribution in [-0.2, 0) is 0 Å². The molecule has 0 radical (unpaired) electrons. The van der Waals surface area contributed by atoms with E-state index in [0.29, 0.717) is 5.82 Å². The number of benzene rings is 6. The van der Waals surface area contributed by atoms with Crippen molar-refractivity contribution in [1.82, 2.24) is 15.0 Å². The highest BCUT2D eigenvalue weighted by Gasteiger charge is 2.14. The van der Waals surface area contributed by atoms with Gasteiger partial charge in [0.05, 0.1) is 11.4 Å². The summed E-state index contributed by atoms with van der Waals surface area (Å²) in [6.07, 6.45) is 3.67. The molecule has 0 saturated carbocycles. The molecule has 0 aliphatic rings. The molecule has 4 heteroatoms. The van der Waals surface area contributed by atoms with E-state index < -0.39 is 0 Å². The third-order valence-corrected chi connectivity index (χ3v) is 9.05. The number of hydrogen-bond donors (Lipinski definition) is 0. The van der Waals surface area contributed by atoms with E-state index in [1.807, 2.05) is 30.5 Å². The Bertz CT molecular complexity index is 2460. The summed E-state index contributed by atoms with van der Waals surface area (Å²) in [5.41, 5.74) is 13.2. The summed E-state index contributed by atoms with van der Waals surface area (Å²) in [5.74, 6) is 0.675. The average Bonchev–Trinajstić information content (AvgIpc) is 3.58. The first kappa shape index (κ1) is 28.6. The Hall–Kier alpha value is -6.65. The van der Waals surface area contributed by atoms with Crippen LogP contribution in [0.2, 0.25) is 0 Å². The van der Waals surface area contributed by atoms with Gasteiger partial charge >= 0.3 is 0 Å². The van der Waals surface area contributed by atoms with Gasteiger partial charge in [0.15, 0.2) is 5.82 Å². The molecule has 230 valence electrons. The summed E-state index contributed by atoms with van der Waals surface area (Å²) in [6, 6.07) is 56.6. The van der Waals surface area contributed by atoms with E-state index in [-0.39, 0.29) is 0 Å². The van der Waals surface area contributed by atoms with Crippen LogP contribution >= 0.6 is 0 Å². The Morgan fingerprint density at radius 1 is 0.388 bits per heavy atom. The van der Waals surface area contributed by atoms with Crippen LogP contribution in [-0.4, -0.2) is 15.0 Å². The van der Waals surface area contributed by atoms with Crippen molar-refractivity contribution < 1.29 is 4.42 Å². The molecular weight excluding hydrogens is 599 g/mol. The number of hydrogen-bond acceptors (Lipinski definition) is 4. The van der Waals surface area contributed by atoms with E-state index in [1.165, 1.54) is 11.1 Å². The normalized spacial score (nSPS) is 11.3. The first-order chi connectivity index (χ1) is 24.3. The standard InChI is InChI=1S/C45H29N3O/c1-2-8-30(9-3-1)31-15-21-34(22-16-31)41-28-42(48-45(47-41)36-25-17-32(18-26-36)37-10-7-27-46-29-37)35-23-19-33(20-24-35)38-12-6-13-40-39-11-4-5-14-43(39)49-44(38)40/h1-29H. The largest absolute Gasteiger partial charge is 0.455 e. The van der Waals surface area contributed by atoms with Crippen LogP contribution in [0.15, 0.2) is 181 Å². The lowest BCUT2D eigenvalue weighted by molar-refractivity contribution is 0.670. The molecule has 0 aliphatic carbocycles. The average molecular weight is 628 g/mol. The number of nitrogens with zero attached hydrogens (tertiary/aromatic N) is 3. The fourth-order valence-electron chi connectivity index (χ4n) is 6.48. The van der Waals surface area contributed by atoms with Gasteiger partial charge in [-0.2, -0.15) is 0 Å². The molecule has 0 unspecified atom stereocenters. The summed E-state index contributed by atoms with van der Waals surface area (Å²) < 4.78 is 6.33. The predicted molar refractivity (Wildman–Crippen MR) is 200 cm³/mol. The van der Waals surface area contributed by atoms with Gasteiger partial charge in [-0.05, 0) is 46.0 Å². The number of para-hydroxylation sites is 2. The van der Waals surface area contributed by atoms with Crippen LogP contribution in [0.25, 0.3) is 89.2 Å². The molecule has 49 heavy (non-hydrogen) atoms. The van der Waals surface area contributed by atoms with Gasteiger partial charge in [-0.1, -0.05) is 146 Å². The minimum Gasteiger partial charge on any atom is -0.455 e. The lowest BCUT2D eigenvalue weighted by Crippen LogP contribution is -1.96. The number of furan rings is 1. The molecule has 0 bridgehead atoms. The molecule has 0 saturated heterocycles. The smallest absolute Gasteiger partial charge is 0.160 e. The van der Waals surface area contributed by atoms with Crippen LogP contribution in [0.3, 0.4) is 0 Å². The summed E-state index contributed by atoms with van der Waals surface area (Å²) in [7, 11) is 0. The van der Waals surface area contributed by atoms with Crippen molar-refractivity contribution in [3.05, 3.63) is 176 Å². The molecule has 9 rings (SSSR count). The summed E-state index contributed by atoms with van der Waals surface area (Å²) >= 11 is 0. The number of fused-ring (bicyclic) bond motifs is 3. The molecule has 9 aromatic rings. The molecule has 4 nitrogen and oxygen atoms in total. The van der Waals surface area contributed by atoms with Crippen molar-refractivity contribution in [3.63, 3.8) is 0 Å². The zero-order chi connectivity index (χ0) is 32.6. The van der Waals surface area contributed by atoms with Gasteiger partial charge in [-0.25, -0.2) is 9.97 Å². The number of aromatic nitrogens is 3. The van der Waals surface area contributed by atoms with Gasteiger partial charge in [0, 0.05) is 45.4 Å². The Kier molecular flexibility index (Phi) is 7.10. The van der Waals surface area contributed by atoms with Crippen molar-refractivity contribution in [2.75, 3.05) is 0 Å². The van der Waals surface area contributed by atoms with Gasteiger partial charge < -0.3 is 4.42 Å². The SMILES string of the molecule is c1ccc(-c2ccc(-c3cc(-c4ccc(-c5cccc6c5oc5ccccc56)cc4)nc(-c4ccc(-c5cccnc5)cc4)n3)cc2)cc1. The van der Waals surface area contributed by atoms with Gasteiger partial charge in [-0.3, -0.25) is 4.98 Å². The maximum absolute atomic E-state index is 6.33. The highest BCUT2D eigenvalue weighted by atomic mass is 16.3. The van der Waals surface area contributed by atoms with Crippen LogP contribution in [0.5, 0.6) is 0 Å². The van der Waals surface area contributed by atoms with Crippen molar-refractivity contribution >= 4 is 21.9 Å². The molecule has 3 aromatic heterocycles. The molecule has 0 fully saturated rings. The molecule has 0 spiro atoms. The van der Waals surface area contributed by atoms with Gasteiger partial charge in [0.2, 0.25) is 0 Å². The van der Waals surface area contributed by atoms with E-state index in [1.54, 1.807) is 6.20 Å². The highest BCUT2D eigenvalue weighted by Crippen LogP contribution is 2.37. The molecule has 6 aromatic carbocycles. The van der Waals surface area contributed by atoms with Gasteiger partial charge in [0.25, 0.3) is 0 Å². The summed E-state index contributed by atoms with van der Waals surface area (Å²) in [6.45, 7) is 0. The second-order valence-corrected chi connectivity index (χ2v) is 12.1. The maximum atomic E-state index is 6.33. The Morgan fingerprint density at radius 2 is 0.939 bits per heavy atom. The van der Waals surface area contributed by atoms with E-state index in [0.717, 1.165) is 72.3 Å². The van der Waals surface area contributed by atoms with Crippen LogP contribution < -0.4 is 0 Å². The minimum absolute atomic E-state index is 0.675. The van der Waals surface area contributed by atoms with Gasteiger partial charge in [-0.15, -0.1) is 0 Å². The lowest BCUT2D eigenvalue weighted by atomic mass is 9.99.